The highest BCUT2D eigenvalue weighted by atomic mass is 35.5. The van der Waals surface area contributed by atoms with Crippen molar-refractivity contribution >= 4 is 29.3 Å². The van der Waals surface area contributed by atoms with Crippen molar-refractivity contribution in [1.29, 1.82) is 5.26 Å². The predicted octanol–water partition coefficient (Wildman–Crippen LogP) is 2.91. The number of nitrogens with zero attached hydrogens (tertiary/aromatic N) is 5. The lowest BCUT2D eigenvalue weighted by molar-refractivity contribution is -0.135. The average molecular weight is 483 g/mol. The summed E-state index contributed by atoms with van der Waals surface area (Å²) >= 11 is 6.08. The van der Waals surface area contributed by atoms with E-state index in [0.717, 1.165) is 5.56 Å². The highest BCUT2D eigenvalue weighted by Gasteiger charge is 2.56. The number of ketones is 1. The molecule has 1 aromatic heterocycles. The zero-order chi connectivity index (χ0) is 24.3. The Hall–Kier alpha value is -3.22. The number of piperidine rings is 1. The molecule has 4 rings (SSSR count). The van der Waals surface area contributed by atoms with Crippen molar-refractivity contribution in [3.05, 3.63) is 52.9 Å². The van der Waals surface area contributed by atoms with Crippen molar-refractivity contribution in [3.63, 3.8) is 0 Å². The first-order valence-corrected chi connectivity index (χ1v) is 11.8. The van der Waals surface area contributed by atoms with Gasteiger partial charge in [0.05, 0.1) is 12.4 Å². The van der Waals surface area contributed by atoms with Gasteiger partial charge in [0.2, 0.25) is 0 Å². The third kappa shape index (κ3) is 4.31. The van der Waals surface area contributed by atoms with Crippen molar-refractivity contribution in [2.75, 3.05) is 37.6 Å². The Labute approximate surface area is 203 Å². The van der Waals surface area contributed by atoms with E-state index >= 15 is 0 Å². The smallest absolute Gasteiger partial charge is 0.408 e. The predicted molar refractivity (Wildman–Crippen MR) is 127 cm³/mol. The van der Waals surface area contributed by atoms with Gasteiger partial charge in [0.25, 0.3) is 0 Å². The summed E-state index contributed by atoms with van der Waals surface area (Å²) < 4.78 is 0. The normalized spacial score (nSPS) is 22.9. The van der Waals surface area contributed by atoms with Crippen LogP contribution in [0.1, 0.15) is 36.9 Å². The number of anilines is 1. The summed E-state index contributed by atoms with van der Waals surface area (Å²) in [5, 5.41) is 22.9. The second-order valence-corrected chi connectivity index (χ2v) is 9.12. The van der Waals surface area contributed by atoms with Crippen LogP contribution >= 0.6 is 11.6 Å². The number of Topliss-reactive ketones (excluding diaryl/α,β-unsaturated/α-hetero) is 1. The molecule has 2 aromatic rings. The number of hydrogen-bond acceptors (Lipinski definition) is 7. The quantitative estimate of drug-likeness (QED) is 0.644. The fraction of sp³-hybridized carbons (Fsp3) is 0.458. The number of hydrogen-bond donors (Lipinski definition) is 2. The molecule has 0 aliphatic carbocycles. The lowest BCUT2D eigenvalue weighted by Crippen LogP contribution is -2.63. The minimum atomic E-state index is -1.19. The Morgan fingerprint density at radius 2 is 1.97 bits per heavy atom. The number of likely N-dealkylation sites (N-methyl/N-ethyl adjacent to an activating group) is 1. The fourth-order valence-electron chi connectivity index (χ4n) is 5.32. The Morgan fingerprint density at radius 3 is 2.53 bits per heavy atom. The summed E-state index contributed by atoms with van der Waals surface area (Å²) in [6, 6.07) is 9.27. The molecular formula is C24H27ClN6O3. The zero-order valence-electron chi connectivity index (χ0n) is 18.9. The minimum Gasteiger partial charge on any atom is -0.465 e. The van der Waals surface area contributed by atoms with Gasteiger partial charge in [0, 0.05) is 49.6 Å². The molecule has 0 saturated carbocycles. The third-order valence-corrected chi connectivity index (χ3v) is 7.24. The van der Waals surface area contributed by atoms with Gasteiger partial charge >= 0.3 is 6.09 Å². The highest BCUT2D eigenvalue weighted by molar-refractivity contribution is 6.30. The molecule has 2 atom stereocenters. The van der Waals surface area contributed by atoms with E-state index in [4.69, 9.17) is 16.9 Å². The van der Waals surface area contributed by atoms with Gasteiger partial charge in [-0.2, -0.15) is 5.26 Å². The molecule has 10 heteroatoms. The van der Waals surface area contributed by atoms with E-state index in [1.54, 1.807) is 25.3 Å². The summed E-state index contributed by atoms with van der Waals surface area (Å²) in [5.74, 6) is 0.0515. The van der Waals surface area contributed by atoms with Crippen LogP contribution in [0.4, 0.5) is 10.6 Å². The van der Waals surface area contributed by atoms with Crippen LogP contribution in [0.3, 0.4) is 0 Å². The summed E-state index contributed by atoms with van der Waals surface area (Å²) in [4.78, 5) is 38.2. The molecule has 34 heavy (non-hydrogen) atoms. The van der Waals surface area contributed by atoms with Gasteiger partial charge in [-0.1, -0.05) is 23.7 Å². The lowest BCUT2D eigenvalue weighted by Gasteiger charge is -2.44. The molecule has 0 bridgehead atoms. The molecule has 1 amide bonds. The Bertz CT molecular complexity index is 1080. The van der Waals surface area contributed by atoms with Crippen LogP contribution in [0.15, 0.2) is 36.7 Å². The van der Waals surface area contributed by atoms with Gasteiger partial charge in [-0.25, -0.2) is 14.8 Å². The van der Waals surface area contributed by atoms with Crippen LogP contribution < -0.4 is 10.2 Å². The first-order valence-electron chi connectivity index (χ1n) is 11.4. The number of nitrogens with one attached hydrogen (secondary N) is 1. The van der Waals surface area contributed by atoms with Gasteiger partial charge in [0.15, 0.2) is 11.5 Å². The van der Waals surface area contributed by atoms with Crippen LogP contribution in [0.25, 0.3) is 0 Å². The van der Waals surface area contributed by atoms with E-state index in [1.165, 1.54) is 11.1 Å². The zero-order valence-corrected chi connectivity index (χ0v) is 19.7. The van der Waals surface area contributed by atoms with Crippen molar-refractivity contribution in [1.82, 2.24) is 20.2 Å². The maximum Gasteiger partial charge on any atom is 0.408 e. The topological polar surface area (TPSA) is 122 Å². The van der Waals surface area contributed by atoms with E-state index in [9.17, 15) is 14.7 Å². The summed E-state index contributed by atoms with van der Waals surface area (Å²) in [6.07, 6.45) is 3.10. The molecule has 2 N–H and O–H groups in total. The minimum absolute atomic E-state index is 0.0349. The van der Waals surface area contributed by atoms with Crippen LogP contribution in [0, 0.1) is 17.2 Å². The van der Waals surface area contributed by atoms with E-state index in [1.807, 2.05) is 23.1 Å². The number of amides is 1. The van der Waals surface area contributed by atoms with Gasteiger partial charge in [0.1, 0.15) is 17.4 Å². The molecule has 2 fully saturated rings. The SMILES string of the molecule is CCN(C(=O)O)[C@@]1(C(=O)C2CCN(c3cnc(C#N)cn3)CC2)CNC[C@@H]1c1ccc(Cl)cc1. The molecule has 0 radical (unpaired) electrons. The maximum atomic E-state index is 14.2. The number of carbonyl (C=O) groups is 2. The fourth-order valence-corrected chi connectivity index (χ4v) is 5.44. The molecule has 2 saturated heterocycles. The highest BCUT2D eigenvalue weighted by Crippen LogP contribution is 2.41. The third-order valence-electron chi connectivity index (χ3n) is 6.99. The average Bonchev–Trinajstić information content (AvgIpc) is 3.30. The molecule has 9 nitrogen and oxygen atoms in total. The van der Waals surface area contributed by atoms with Crippen molar-refractivity contribution in [2.45, 2.75) is 31.2 Å². The molecule has 2 aliphatic heterocycles. The first kappa shape index (κ1) is 23.9. The maximum absolute atomic E-state index is 14.2. The molecule has 178 valence electrons. The molecule has 2 aliphatic rings. The van der Waals surface area contributed by atoms with E-state index in [0.29, 0.717) is 43.3 Å². The molecular weight excluding hydrogens is 456 g/mol. The standard InChI is InChI=1S/C24H27ClN6O3/c1-2-31(23(33)34)24(15-27-13-20(24)16-3-5-18(25)6-4-16)22(32)17-7-9-30(10-8-17)21-14-28-19(11-26)12-29-21/h3-6,12,14,17,20,27H,2,7-10,13,15H2,1H3,(H,33,34)/t20-,24+/m1/s1. The Kier molecular flexibility index (Phi) is 7.00. The second kappa shape index (κ2) is 9.95. The Morgan fingerprint density at radius 1 is 1.26 bits per heavy atom. The number of carbonyl (C=O) groups excluding carboxylic acids is 1. The van der Waals surface area contributed by atoms with Crippen LogP contribution in [-0.4, -0.2) is 70.1 Å². The van der Waals surface area contributed by atoms with Gasteiger partial charge in [-0.05, 0) is 37.5 Å². The number of benzene rings is 1. The lowest BCUT2D eigenvalue weighted by atomic mass is 9.72. The molecule has 0 unspecified atom stereocenters. The van der Waals surface area contributed by atoms with Crippen LogP contribution in [0.2, 0.25) is 5.02 Å². The number of halogens is 1. The number of aromatic nitrogens is 2. The number of nitriles is 1. The molecule has 1 aromatic carbocycles. The van der Waals surface area contributed by atoms with E-state index < -0.39 is 11.6 Å². The van der Waals surface area contributed by atoms with Crippen LogP contribution in [0.5, 0.6) is 0 Å². The number of rotatable bonds is 6. The summed E-state index contributed by atoms with van der Waals surface area (Å²) in [6.45, 7) is 3.98. The van der Waals surface area contributed by atoms with Crippen molar-refractivity contribution in [3.8, 4) is 6.07 Å². The summed E-state index contributed by atoms with van der Waals surface area (Å²) in [7, 11) is 0. The van der Waals surface area contributed by atoms with Gasteiger partial charge in [-0.15, -0.1) is 0 Å². The monoisotopic (exact) mass is 482 g/mol. The largest absolute Gasteiger partial charge is 0.465 e. The van der Waals surface area contributed by atoms with E-state index in [2.05, 4.69) is 15.3 Å². The van der Waals surface area contributed by atoms with Crippen molar-refractivity contribution in [2.24, 2.45) is 5.92 Å². The first-order chi connectivity index (χ1) is 16.4. The summed E-state index contributed by atoms with van der Waals surface area (Å²) in [5.41, 5.74) is -0.0334. The number of carboxylic acid groups (broad SMARTS) is 1. The second-order valence-electron chi connectivity index (χ2n) is 8.68. The van der Waals surface area contributed by atoms with Crippen LogP contribution in [-0.2, 0) is 4.79 Å². The molecule has 3 heterocycles. The van der Waals surface area contributed by atoms with Gasteiger partial charge < -0.3 is 15.3 Å². The van der Waals surface area contributed by atoms with E-state index in [-0.39, 0.29) is 36.4 Å². The Balaban J connectivity index is 1.60. The molecule has 0 spiro atoms. The van der Waals surface area contributed by atoms with Crippen molar-refractivity contribution < 1.29 is 14.7 Å². The van der Waals surface area contributed by atoms with Gasteiger partial charge in [-0.3, -0.25) is 9.69 Å².